The molecule has 0 saturated heterocycles. The number of benzene rings is 3. The van der Waals surface area contributed by atoms with Crippen molar-refractivity contribution < 1.29 is 22.4 Å². The van der Waals surface area contributed by atoms with E-state index in [1.165, 1.54) is 29.0 Å². The van der Waals surface area contributed by atoms with Gasteiger partial charge in [0.25, 0.3) is 0 Å². The molecule has 9 heteroatoms. The Morgan fingerprint density at radius 1 is 0.882 bits per heavy atom. The Balaban J connectivity index is 1.57. The second-order valence-electron chi connectivity index (χ2n) is 7.46. The fourth-order valence-electron chi connectivity index (χ4n) is 3.35. The molecule has 3 aromatic carbocycles. The molecule has 170 valence electrons. The highest BCUT2D eigenvalue weighted by Gasteiger charge is 2.18. The summed E-state index contributed by atoms with van der Waals surface area (Å²) in [6.45, 7) is 0. The standard InChI is InChI=1S/C25H18FN3O4S/c1-34(30,31)19-12-9-17(10-13-19)32-18-11-14-21-23(16-18)29(33-24-8-3-2-6-20(24)26)25(28-21)22-7-4-5-15-27-22/h2-16H,1H3. The molecule has 0 aliphatic carbocycles. The van der Waals surface area contributed by atoms with Crippen LogP contribution < -0.4 is 9.57 Å². The lowest BCUT2D eigenvalue weighted by molar-refractivity contribution is 0.220. The van der Waals surface area contributed by atoms with Gasteiger partial charge in [-0.25, -0.2) is 17.8 Å². The first-order valence-corrected chi connectivity index (χ1v) is 12.1. The van der Waals surface area contributed by atoms with Gasteiger partial charge in [0.05, 0.1) is 10.4 Å². The average Bonchev–Trinajstić information content (AvgIpc) is 3.18. The van der Waals surface area contributed by atoms with E-state index >= 15 is 0 Å². The lowest BCUT2D eigenvalue weighted by Gasteiger charge is -2.12. The minimum Gasteiger partial charge on any atom is -0.457 e. The first kappa shape index (κ1) is 21.6. The van der Waals surface area contributed by atoms with E-state index in [4.69, 9.17) is 9.57 Å². The van der Waals surface area contributed by atoms with Crippen molar-refractivity contribution in [1.82, 2.24) is 14.7 Å². The molecule has 34 heavy (non-hydrogen) atoms. The van der Waals surface area contributed by atoms with Crippen molar-refractivity contribution in [3.8, 4) is 28.8 Å². The van der Waals surface area contributed by atoms with Gasteiger partial charge in [-0.05, 0) is 60.7 Å². The van der Waals surface area contributed by atoms with E-state index in [2.05, 4.69) is 9.97 Å². The van der Waals surface area contributed by atoms with Crippen LogP contribution in [0.25, 0.3) is 22.6 Å². The van der Waals surface area contributed by atoms with Crippen LogP contribution in [-0.2, 0) is 9.84 Å². The van der Waals surface area contributed by atoms with E-state index in [0.29, 0.717) is 34.1 Å². The van der Waals surface area contributed by atoms with Gasteiger partial charge in [0.15, 0.2) is 27.2 Å². The number of pyridine rings is 1. The first-order chi connectivity index (χ1) is 16.4. The zero-order valence-corrected chi connectivity index (χ0v) is 18.7. The molecule has 0 fully saturated rings. The molecule has 0 bridgehead atoms. The summed E-state index contributed by atoms with van der Waals surface area (Å²) in [5, 5.41) is 0. The van der Waals surface area contributed by atoms with Gasteiger partial charge in [-0.1, -0.05) is 18.2 Å². The molecule has 5 rings (SSSR count). The number of hydrogen-bond acceptors (Lipinski definition) is 6. The highest BCUT2D eigenvalue weighted by Crippen LogP contribution is 2.30. The number of para-hydroxylation sites is 1. The summed E-state index contributed by atoms with van der Waals surface area (Å²) < 4.78 is 45.1. The fraction of sp³-hybridized carbons (Fsp3) is 0.0400. The predicted molar refractivity (Wildman–Crippen MR) is 125 cm³/mol. The van der Waals surface area contributed by atoms with Crippen LogP contribution in [0, 0.1) is 5.82 Å². The number of sulfone groups is 1. The SMILES string of the molecule is CS(=O)(=O)c1ccc(Oc2ccc3nc(-c4ccccn4)n(Oc4ccccc4F)c3c2)cc1. The second kappa shape index (κ2) is 8.60. The largest absolute Gasteiger partial charge is 0.457 e. The van der Waals surface area contributed by atoms with Crippen molar-refractivity contribution in [2.75, 3.05) is 6.26 Å². The lowest BCUT2D eigenvalue weighted by Crippen LogP contribution is -2.09. The predicted octanol–water partition coefficient (Wildman–Crippen LogP) is 5.28. The summed E-state index contributed by atoms with van der Waals surface area (Å²) in [5.41, 5.74) is 1.68. The summed E-state index contributed by atoms with van der Waals surface area (Å²) in [4.78, 5) is 15.1. The van der Waals surface area contributed by atoms with Gasteiger partial charge >= 0.3 is 0 Å². The number of nitrogens with zero attached hydrogens (tertiary/aromatic N) is 3. The number of rotatable bonds is 6. The zero-order chi connectivity index (χ0) is 23.7. The third-order valence-electron chi connectivity index (χ3n) is 4.99. The quantitative estimate of drug-likeness (QED) is 0.333. The Morgan fingerprint density at radius 3 is 2.32 bits per heavy atom. The van der Waals surface area contributed by atoms with Crippen LogP contribution >= 0.6 is 0 Å². The molecule has 0 saturated carbocycles. The fourth-order valence-corrected chi connectivity index (χ4v) is 3.98. The van der Waals surface area contributed by atoms with Crippen LogP contribution in [-0.4, -0.2) is 29.4 Å². The summed E-state index contributed by atoms with van der Waals surface area (Å²) in [6, 6.07) is 22.8. The summed E-state index contributed by atoms with van der Waals surface area (Å²) >= 11 is 0. The van der Waals surface area contributed by atoms with Crippen LogP contribution in [0.2, 0.25) is 0 Å². The van der Waals surface area contributed by atoms with Crippen molar-refractivity contribution in [3.05, 3.63) is 96.9 Å². The Bertz CT molecular complexity index is 1580. The molecule has 0 N–H and O–H groups in total. The van der Waals surface area contributed by atoms with Crippen molar-refractivity contribution >= 4 is 20.9 Å². The summed E-state index contributed by atoms with van der Waals surface area (Å²) in [6.07, 6.45) is 2.78. The lowest BCUT2D eigenvalue weighted by atomic mass is 10.3. The Kier molecular flexibility index (Phi) is 5.46. The minimum absolute atomic E-state index is 0.0293. The molecule has 0 aliphatic rings. The molecular weight excluding hydrogens is 457 g/mol. The number of halogens is 1. The van der Waals surface area contributed by atoms with E-state index in [-0.39, 0.29) is 10.6 Å². The molecule has 2 aromatic heterocycles. The molecule has 0 atom stereocenters. The van der Waals surface area contributed by atoms with Crippen molar-refractivity contribution in [2.24, 2.45) is 0 Å². The van der Waals surface area contributed by atoms with Crippen molar-refractivity contribution in [3.63, 3.8) is 0 Å². The van der Waals surface area contributed by atoms with Crippen LogP contribution in [0.15, 0.2) is 96.0 Å². The average molecular weight is 476 g/mol. The van der Waals surface area contributed by atoms with E-state index in [1.807, 2.05) is 6.07 Å². The molecule has 0 amide bonds. The topological polar surface area (TPSA) is 83.3 Å². The monoisotopic (exact) mass is 475 g/mol. The van der Waals surface area contributed by atoms with E-state index in [1.54, 1.807) is 60.8 Å². The normalized spacial score (nSPS) is 11.5. The number of ether oxygens (including phenoxy) is 1. The highest BCUT2D eigenvalue weighted by molar-refractivity contribution is 7.90. The van der Waals surface area contributed by atoms with Crippen LogP contribution in [0.1, 0.15) is 0 Å². The number of hydrogen-bond donors (Lipinski definition) is 0. The van der Waals surface area contributed by atoms with Crippen molar-refractivity contribution in [1.29, 1.82) is 0 Å². The third kappa shape index (κ3) is 4.33. The molecule has 5 aromatic rings. The van der Waals surface area contributed by atoms with Crippen molar-refractivity contribution in [2.45, 2.75) is 4.90 Å². The molecule has 7 nitrogen and oxygen atoms in total. The zero-order valence-electron chi connectivity index (χ0n) is 17.9. The molecule has 0 aliphatic heterocycles. The maximum absolute atomic E-state index is 14.4. The molecule has 0 radical (unpaired) electrons. The number of fused-ring (bicyclic) bond motifs is 1. The number of imidazole rings is 1. The van der Waals surface area contributed by atoms with Gasteiger partial charge in [0, 0.05) is 18.5 Å². The molecule has 0 unspecified atom stereocenters. The second-order valence-corrected chi connectivity index (χ2v) is 9.48. The smallest absolute Gasteiger partial charge is 0.196 e. The maximum atomic E-state index is 14.4. The molecule has 2 heterocycles. The summed E-state index contributed by atoms with van der Waals surface area (Å²) in [5.74, 6) is 0.827. The Morgan fingerprint density at radius 2 is 1.62 bits per heavy atom. The van der Waals surface area contributed by atoms with Gasteiger partial charge < -0.3 is 9.57 Å². The van der Waals surface area contributed by atoms with E-state index < -0.39 is 15.7 Å². The van der Waals surface area contributed by atoms with Gasteiger partial charge in [0.2, 0.25) is 0 Å². The molecular formula is C25H18FN3O4S. The van der Waals surface area contributed by atoms with E-state index in [0.717, 1.165) is 6.26 Å². The van der Waals surface area contributed by atoms with Gasteiger partial charge in [-0.3, -0.25) is 4.98 Å². The van der Waals surface area contributed by atoms with Gasteiger partial charge in [-0.15, -0.1) is 0 Å². The first-order valence-electron chi connectivity index (χ1n) is 10.2. The van der Waals surface area contributed by atoms with Gasteiger partial charge in [-0.2, -0.15) is 4.73 Å². The number of aromatic nitrogens is 3. The minimum atomic E-state index is -3.30. The molecule has 0 spiro atoms. The van der Waals surface area contributed by atoms with E-state index in [9.17, 15) is 12.8 Å². The van der Waals surface area contributed by atoms with Crippen LogP contribution in [0.3, 0.4) is 0 Å². The van der Waals surface area contributed by atoms with Crippen LogP contribution in [0.4, 0.5) is 4.39 Å². The Labute approximate surface area is 194 Å². The van der Waals surface area contributed by atoms with Gasteiger partial charge in [0.1, 0.15) is 22.7 Å². The maximum Gasteiger partial charge on any atom is 0.196 e. The third-order valence-corrected chi connectivity index (χ3v) is 6.12. The van der Waals surface area contributed by atoms with Crippen LogP contribution in [0.5, 0.6) is 17.2 Å². The highest BCUT2D eigenvalue weighted by atomic mass is 32.2. The summed E-state index contributed by atoms with van der Waals surface area (Å²) in [7, 11) is -3.30. The Hall–Kier alpha value is -4.24.